The summed E-state index contributed by atoms with van der Waals surface area (Å²) in [6.45, 7) is 12.5. The van der Waals surface area contributed by atoms with Gasteiger partial charge < -0.3 is 15.0 Å². The third kappa shape index (κ3) is 3.07. The minimum Gasteiger partial charge on any atom is -0.353 e. The molecule has 0 saturated carbocycles. The van der Waals surface area contributed by atoms with Gasteiger partial charge in [-0.3, -0.25) is 9.59 Å². The SMILES string of the molecule is CC1=C(C[C@H]2CCCC(=O)N2)S[C@@H]2[C@H](C(=O)[Si](C)(C)C(C)(C)C)C(=O)N12. The molecule has 0 aliphatic carbocycles. The highest BCUT2D eigenvalue weighted by atomic mass is 32.2. The number of β-lactam (4-membered cyclic amide) rings is 1. The Morgan fingerprint density at radius 2 is 1.96 bits per heavy atom. The molecular weight excluding hydrogens is 364 g/mol. The van der Waals surface area contributed by atoms with Crippen molar-refractivity contribution in [3.63, 3.8) is 0 Å². The van der Waals surface area contributed by atoms with E-state index in [9.17, 15) is 14.4 Å². The van der Waals surface area contributed by atoms with Crippen LogP contribution in [0.15, 0.2) is 10.6 Å². The predicted octanol–water partition coefficient (Wildman–Crippen LogP) is 3.42. The highest BCUT2D eigenvalue weighted by Gasteiger charge is 2.60. The molecule has 2 saturated heterocycles. The first-order valence-electron chi connectivity index (χ1n) is 9.48. The lowest BCUT2D eigenvalue weighted by Gasteiger charge is -2.46. The van der Waals surface area contributed by atoms with E-state index in [1.54, 1.807) is 16.7 Å². The number of hydrogen-bond donors (Lipinski definition) is 1. The lowest BCUT2D eigenvalue weighted by Crippen LogP contribution is -2.65. The van der Waals surface area contributed by atoms with E-state index < -0.39 is 14.0 Å². The van der Waals surface area contributed by atoms with E-state index in [0.717, 1.165) is 29.9 Å². The van der Waals surface area contributed by atoms with Gasteiger partial charge in [0.05, 0.1) is 0 Å². The van der Waals surface area contributed by atoms with Crippen molar-refractivity contribution in [2.45, 2.75) is 82.9 Å². The van der Waals surface area contributed by atoms with Crippen LogP contribution in [-0.4, -0.2) is 41.6 Å². The Labute approximate surface area is 161 Å². The second-order valence-electron chi connectivity index (χ2n) is 9.30. The third-order valence-electron chi connectivity index (χ3n) is 6.60. The molecule has 0 spiro atoms. The van der Waals surface area contributed by atoms with E-state index in [4.69, 9.17) is 0 Å². The summed E-state index contributed by atoms with van der Waals surface area (Å²) in [5.74, 6) is -0.403. The van der Waals surface area contributed by atoms with Crippen LogP contribution < -0.4 is 5.32 Å². The zero-order valence-corrected chi connectivity index (χ0v) is 18.5. The number of amides is 2. The number of nitrogens with zero attached hydrogens (tertiary/aromatic N) is 1. The summed E-state index contributed by atoms with van der Waals surface area (Å²) < 4.78 is 0. The molecule has 1 N–H and O–H groups in total. The van der Waals surface area contributed by atoms with Gasteiger partial charge in [0.25, 0.3) is 0 Å². The summed E-state index contributed by atoms with van der Waals surface area (Å²) in [6.07, 6.45) is 3.28. The highest BCUT2D eigenvalue weighted by Crippen LogP contribution is 2.52. The van der Waals surface area contributed by atoms with E-state index >= 15 is 0 Å². The predicted molar refractivity (Wildman–Crippen MR) is 107 cm³/mol. The van der Waals surface area contributed by atoms with Gasteiger partial charge in [-0.2, -0.15) is 0 Å². The minimum atomic E-state index is -2.21. The zero-order valence-electron chi connectivity index (χ0n) is 16.6. The fraction of sp³-hybridized carbons (Fsp3) is 0.737. The van der Waals surface area contributed by atoms with Crippen LogP contribution in [0.2, 0.25) is 18.1 Å². The van der Waals surface area contributed by atoms with Gasteiger partial charge >= 0.3 is 0 Å². The fourth-order valence-electron chi connectivity index (χ4n) is 3.76. The molecule has 0 aromatic carbocycles. The number of rotatable bonds is 4. The third-order valence-corrected chi connectivity index (χ3v) is 13.4. The molecule has 3 rings (SSSR count). The number of carbonyl (C=O) groups is 3. The van der Waals surface area contributed by atoms with Crippen LogP contribution in [-0.2, 0) is 14.4 Å². The molecule has 2 amide bonds. The molecule has 26 heavy (non-hydrogen) atoms. The topological polar surface area (TPSA) is 66.5 Å². The first kappa shape index (κ1) is 19.7. The van der Waals surface area contributed by atoms with Crippen molar-refractivity contribution in [3.05, 3.63) is 10.6 Å². The average molecular weight is 395 g/mol. The maximum atomic E-state index is 13.2. The van der Waals surface area contributed by atoms with Crippen LogP contribution in [0.1, 0.15) is 53.4 Å². The summed E-state index contributed by atoms with van der Waals surface area (Å²) in [7, 11) is -2.21. The maximum Gasteiger partial charge on any atom is 0.240 e. The Morgan fingerprint density at radius 3 is 2.54 bits per heavy atom. The Morgan fingerprint density at radius 1 is 1.31 bits per heavy atom. The lowest BCUT2D eigenvalue weighted by molar-refractivity contribution is -0.150. The van der Waals surface area contributed by atoms with Crippen molar-refractivity contribution in [1.29, 1.82) is 0 Å². The molecule has 144 valence electrons. The standard InChI is InChI=1S/C19H30N2O3SSi/c1-11-13(10-12-8-7-9-14(22)20-12)25-17-15(16(23)21(11)17)18(24)26(5,6)19(2,3)4/h12,15,17H,7-10H2,1-6H3,(H,20,22)/t12-,15-,17-/m1/s1. The monoisotopic (exact) mass is 394 g/mol. The van der Waals surface area contributed by atoms with Gasteiger partial charge in [-0.15, -0.1) is 11.8 Å². The van der Waals surface area contributed by atoms with E-state index in [-0.39, 0.29) is 33.7 Å². The van der Waals surface area contributed by atoms with Crippen LogP contribution >= 0.6 is 11.8 Å². The summed E-state index contributed by atoms with van der Waals surface area (Å²) in [6, 6.07) is 0.150. The molecule has 7 heteroatoms. The van der Waals surface area contributed by atoms with Crippen LogP contribution in [0.25, 0.3) is 0 Å². The van der Waals surface area contributed by atoms with Crippen molar-refractivity contribution >= 4 is 37.1 Å². The molecule has 0 aromatic rings. The number of fused-ring (bicyclic) bond motifs is 1. The molecule has 5 nitrogen and oxygen atoms in total. The van der Waals surface area contributed by atoms with Crippen LogP contribution in [0.4, 0.5) is 0 Å². The number of allylic oxidation sites excluding steroid dienone is 1. The van der Waals surface area contributed by atoms with Crippen molar-refractivity contribution in [1.82, 2.24) is 10.2 Å². The summed E-state index contributed by atoms with van der Waals surface area (Å²) >= 11 is 1.67. The molecule has 3 atom stereocenters. The first-order chi connectivity index (χ1) is 11.9. The number of thioether (sulfide) groups is 1. The summed E-state index contributed by atoms with van der Waals surface area (Å²) in [5, 5.41) is 3.10. The molecule has 2 fully saturated rings. The molecule has 0 unspecified atom stereocenters. The molecule has 3 aliphatic rings. The zero-order chi connectivity index (χ0) is 19.4. The van der Waals surface area contributed by atoms with Crippen molar-refractivity contribution < 1.29 is 14.4 Å². The van der Waals surface area contributed by atoms with Gasteiger partial charge in [-0.1, -0.05) is 33.9 Å². The van der Waals surface area contributed by atoms with Crippen LogP contribution in [0, 0.1) is 5.92 Å². The van der Waals surface area contributed by atoms with Gasteiger partial charge in [-0.05, 0) is 24.8 Å². The van der Waals surface area contributed by atoms with Gasteiger partial charge in [-0.25, -0.2) is 0 Å². The van der Waals surface area contributed by atoms with Crippen molar-refractivity contribution in [3.8, 4) is 0 Å². The number of nitrogens with one attached hydrogen (secondary N) is 1. The second-order valence-corrected chi connectivity index (χ2v) is 15.8. The highest BCUT2D eigenvalue weighted by molar-refractivity contribution is 8.04. The van der Waals surface area contributed by atoms with Gasteiger partial charge in [0.1, 0.15) is 24.8 Å². The summed E-state index contributed by atoms with van der Waals surface area (Å²) in [4.78, 5) is 40.6. The first-order valence-corrected chi connectivity index (χ1v) is 13.4. The lowest BCUT2D eigenvalue weighted by atomic mass is 9.97. The molecule has 3 heterocycles. The Kier molecular flexibility index (Phi) is 4.93. The quantitative estimate of drug-likeness (QED) is 0.451. The number of piperidine rings is 1. The summed E-state index contributed by atoms with van der Waals surface area (Å²) in [5.41, 5.74) is 0.976. The molecular formula is C19H30N2O3SSi. The second kappa shape index (κ2) is 6.51. The smallest absolute Gasteiger partial charge is 0.240 e. The van der Waals surface area contributed by atoms with Gasteiger partial charge in [0.2, 0.25) is 11.8 Å². The largest absolute Gasteiger partial charge is 0.353 e. The minimum absolute atomic E-state index is 0.0301. The van der Waals surface area contributed by atoms with Gasteiger partial charge in [0.15, 0.2) is 0 Å². The maximum absolute atomic E-state index is 13.2. The molecule has 0 radical (unpaired) electrons. The van der Waals surface area contributed by atoms with E-state index in [1.807, 2.05) is 6.92 Å². The fourth-order valence-corrected chi connectivity index (χ4v) is 7.28. The molecule has 3 aliphatic heterocycles. The van der Waals surface area contributed by atoms with Crippen LogP contribution in [0.5, 0.6) is 0 Å². The Bertz CT molecular complexity index is 695. The van der Waals surface area contributed by atoms with E-state index in [2.05, 4.69) is 39.2 Å². The Hall–Kier alpha value is -1.08. The van der Waals surface area contributed by atoms with Crippen molar-refractivity contribution in [2.75, 3.05) is 0 Å². The number of carbonyl (C=O) groups excluding carboxylic acids is 3. The van der Waals surface area contributed by atoms with E-state index in [1.165, 1.54) is 0 Å². The molecule has 0 bridgehead atoms. The van der Waals surface area contributed by atoms with E-state index in [0.29, 0.717) is 6.42 Å². The van der Waals surface area contributed by atoms with Crippen LogP contribution in [0.3, 0.4) is 0 Å². The Balaban J connectivity index is 1.72. The molecule has 0 aromatic heterocycles. The number of hydrogen-bond acceptors (Lipinski definition) is 4. The average Bonchev–Trinajstić information content (AvgIpc) is 2.78. The van der Waals surface area contributed by atoms with Gasteiger partial charge in [0, 0.05) is 29.5 Å². The normalized spacial score (nSPS) is 29.5. The van der Waals surface area contributed by atoms with Crippen molar-refractivity contribution in [2.24, 2.45) is 5.92 Å².